The van der Waals surface area contributed by atoms with Gasteiger partial charge >= 0.3 is 0 Å². The second kappa shape index (κ2) is 5.35. The van der Waals surface area contributed by atoms with Gasteiger partial charge in [-0.05, 0) is 32.0 Å². The third-order valence-corrected chi connectivity index (χ3v) is 2.06. The van der Waals surface area contributed by atoms with Crippen LogP contribution in [0.15, 0.2) is 18.2 Å². The van der Waals surface area contributed by atoms with Gasteiger partial charge in [-0.2, -0.15) is 5.26 Å². The summed E-state index contributed by atoms with van der Waals surface area (Å²) in [7, 11) is 0. The van der Waals surface area contributed by atoms with Gasteiger partial charge in [-0.1, -0.05) is 0 Å². The van der Waals surface area contributed by atoms with Gasteiger partial charge in [0.1, 0.15) is 5.75 Å². The van der Waals surface area contributed by atoms with Crippen LogP contribution < -0.4 is 4.74 Å². The predicted molar refractivity (Wildman–Crippen MR) is 56.4 cm³/mol. The van der Waals surface area contributed by atoms with Crippen LogP contribution in [0.5, 0.6) is 5.75 Å². The summed E-state index contributed by atoms with van der Waals surface area (Å²) < 4.78 is 17.9. The Morgan fingerprint density at radius 2 is 2.33 bits per heavy atom. The van der Waals surface area contributed by atoms with E-state index in [1.807, 2.05) is 13.0 Å². The third kappa shape index (κ3) is 2.69. The maximum atomic E-state index is 12.5. The highest BCUT2D eigenvalue weighted by Gasteiger charge is 2.12. The van der Waals surface area contributed by atoms with Crippen molar-refractivity contribution in [2.75, 3.05) is 13.3 Å². The minimum Gasteiger partial charge on any atom is -0.494 e. The maximum Gasteiger partial charge on any atom is 0.122 e. The summed E-state index contributed by atoms with van der Waals surface area (Å²) in [6, 6.07) is 6.98. The molecular weight excluding hydrogens is 193 g/mol. The summed E-state index contributed by atoms with van der Waals surface area (Å²) in [6.45, 7) is 5.49. The molecule has 0 saturated carbocycles. The Bertz CT molecular complexity index is 370. The Morgan fingerprint density at radius 3 is 2.87 bits per heavy atom. The molecule has 1 radical (unpaired) electrons. The number of ether oxygens (including phenoxy) is 1. The smallest absolute Gasteiger partial charge is 0.122 e. The fraction of sp³-hybridized carbons (Fsp3) is 0.333. The van der Waals surface area contributed by atoms with Crippen LogP contribution in [0.2, 0.25) is 0 Å². The fourth-order valence-electron chi connectivity index (χ4n) is 1.31. The monoisotopic (exact) mass is 206 g/mol. The van der Waals surface area contributed by atoms with Gasteiger partial charge in [-0.15, -0.1) is 0 Å². The van der Waals surface area contributed by atoms with Crippen molar-refractivity contribution in [3.05, 3.63) is 36.2 Å². The second-order valence-corrected chi connectivity index (χ2v) is 3.15. The quantitative estimate of drug-likeness (QED) is 0.758. The molecule has 0 aliphatic heterocycles. The summed E-state index contributed by atoms with van der Waals surface area (Å²) in [5.41, 5.74) is 1.15. The first-order chi connectivity index (χ1) is 7.22. The van der Waals surface area contributed by atoms with Crippen molar-refractivity contribution in [3.8, 4) is 11.8 Å². The molecule has 3 heteroatoms. The van der Waals surface area contributed by atoms with Crippen molar-refractivity contribution in [1.82, 2.24) is 0 Å². The van der Waals surface area contributed by atoms with Crippen molar-refractivity contribution in [1.29, 1.82) is 5.26 Å². The topological polar surface area (TPSA) is 33.0 Å². The molecule has 2 nitrogen and oxygen atoms in total. The number of hydrogen-bond donors (Lipinski definition) is 0. The predicted octanol–water partition coefficient (Wildman–Crippen LogP) is 2.84. The Hall–Kier alpha value is -1.56. The van der Waals surface area contributed by atoms with Crippen molar-refractivity contribution in [2.45, 2.75) is 12.8 Å². The molecule has 1 rings (SSSR count). The van der Waals surface area contributed by atoms with Crippen molar-refractivity contribution >= 4 is 0 Å². The van der Waals surface area contributed by atoms with Gasteiger partial charge in [-0.25, -0.2) is 0 Å². The third-order valence-electron chi connectivity index (χ3n) is 2.06. The van der Waals surface area contributed by atoms with Crippen LogP contribution in [0.1, 0.15) is 24.0 Å². The van der Waals surface area contributed by atoms with E-state index in [0.29, 0.717) is 23.5 Å². The number of rotatable bonds is 4. The molecule has 0 spiro atoms. The van der Waals surface area contributed by atoms with E-state index in [4.69, 9.17) is 10.00 Å². The largest absolute Gasteiger partial charge is 0.494 e. The number of nitriles is 1. The minimum atomic E-state index is -0.561. The summed E-state index contributed by atoms with van der Waals surface area (Å²) in [4.78, 5) is 0. The molecule has 1 unspecified atom stereocenters. The minimum absolute atomic E-state index is 0.486. The van der Waals surface area contributed by atoms with E-state index in [1.54, 1.807) is 18.2 Å². The van der Waals surface area contributed by atoms with Crippen LogP contribution in [0.25, 0.3) is 0 Å². The Labute approximate surface area is 89.3 Å². The van der Waals surface area contributed by atoms with Crippen LogP contribution in [-0.2, 0) is 0 Å². The lowest BCUT2D eigenvalue weighted by atomic mass is 9.99. The zero-order valence-electron chi connectivity index (χ0n) is 8.66. The van der Waals surface area contributed by atoms with Crippen LogP contribution in [0, 0.1) is 18.3 Å². The molecule has 0 saturated heterocycles. The summed E-state index contributed by atoms with van der Waals surface area (Å²) >= 11 is 0. The average Bonchev–Trinajstić information content (AvgIpc) is 2.29. The number of benzene rings is 1. The van der Waals surface area contributed by atoms with E-state index in [2.05, 4.69) is 6.92 Å². The van der Waals surface area contributed by atoms with Crippen LogP contribution >= 0.6 is 0 Å². The summed E-state index contributed by atoms with van der Waals surface area (Å²) in [6.07, 6.45) is 0. The lowest BCUT2D eigenvalue weighted by Gasteiger charge is -2.13. The summed E-state index contributed by atoms with van der Waals surface area (Å²) in [5.74, 6) is 0.119. The van der Waals surface area contributed by atoms with Gasteiger partial charge < -0.3 is 4.74 Å². The molecule has 15 heavy (non-hydrogen) atoms. The average molecular weight is 206 g/mol. The Morgan fingerprint density at radius 1 is 1.60 bits per heavy atom. The van der Waals surface area contributed by atoms with Crippen molar-refractivity contribution in [2.24, 2.45) is 0 Å². The lowest BCUT2D eigenvalue weighted by molar-refractivity contribution is 0.332. The van der Waals surface area contributed by atoms with Crippen LogP contribution in [-0.4, -0.2) is 13.3 Å². The highest BCUT2D eigenvalue weighted by atomic mass is 19.1. The molecule has 0 fully saturated rings. The van der Waals surface area contributed by atoms with E-state index in [1.165, 1.54) is 0 Å². The number of hydrogen-bond acceptors (Lipinski definition) is 2. The highest BCUT2D eigenvalue weighted by Crippen LogP contribution is 2.27. The molecule has 1 atom stereocenters. The van der Waals surface area contributed by atoms with Crippen molar-refractivity contribution < 1.29 is 9.13 Å². The standard InChI is InChI=1S/C12H13FNO/c1-3-15-12-5-4-10(8-14)6-11(12)9(2)7-13/h4-6,9H,2-3,7H2,1H3. The van der Waals surface area contributed by atoms with E-state index < -0.39 is 12.6 Å². The molecule has 0 N–H and O–H groups in total. The first kappa shape index (κ1) is 11.5. The van der Waals surface area contributed by atoms with Gasteiger partial charge in [0, 0.05) is 11.5 Å². The molecule has 0 aromatic heterocycles. The van der Waals surface area contributed by atoms with Crippen LogP contribution in [0.4, 0.5) is 4.39 Å². The van der Waals surface area contributed by atoms with E-state index in [0.717, 1.165) is 0 Å². The normalized spacial score (nSPS) is 11.9. The van der Waals surface area contributed by atoms with E-state index in [9.17, 15) is 4.39 Å². The molecule has 0 heterocycles. The first-order valence-electron chi connectivity index (χ1n) is 4.78. The number of halogens is 1. The summed E-state index contributed by atoms with van der Waals surface area (Å²) in [5, 5.41) is 8.73. The zero-order chi connectivity index (χ0) is 11.3. The van der Waals surface area contributed by atoms with Gasteiger partial charge in [-0.3, -0.25) is 4.39 Å². The van der Waals surface area contributed by atoms with Gasteiger partial charge in [0.05, 0.1) is 24.9 Å². The second-order valence-electron chi connectivity index (χ2n) is 3.15. The van der Waals surface area contributed by atoms with Gasteiger partial charge in [0.25, 0.3) is 0 Å². The SMILES string of the molecule is [CH2]C(CF)c1cc(C#N)ccc1OCC. The molecule has 1 aromatic carbocycles. The molecular formula is C12H13FNO. The van der Waals surface area contributed by atoms with E-state index >= 15 is 0 Å². The molecule has 1 aromatic rings. The Kier molecular flexibility index (Phi) is 4.11. The molecule has 0 bridgehead atoms. The number of alkyl halides is 1. The van der Waals surface area contributed by atoms with Crippen molar-refractivity contribution in [3.63, 3.8) is 0 Å². The fourth-order valence-corrected chi connectivity index (χ4v) is 1.31. The molecule has 0 aliphatic rings. The van der Waals surface area contributed by atoms with Gasteiger partial charge in [0.2, 0.25) is 0 Å². The molecule has 0 amide bonds. The number of nitrogens with zero attached hydrogens (tertiary/aromatic N) is 1. The highest BCUT2D eigenvalue weighted by molar-refractivity contribution is 5.44. The Balaban J connectivity index is 3.11. The molecule has 0 aliphatic carbocycles. The zero-order valence-corrected chi connectivity index (χ0v) is 8.66. The lowest BCUT2D eigenvalue weighted by Crippen LogP contribution is -2.02. The van der Waals surface area contributed by atoms with E-state index in [-0.39, 0.29) is 0 Å². The molecule has 79 valence electrons. The van der Waals surface area contributed by atoms with Gasteiger partial charge in [0.15, 0.2) is 0 Å². The maximum absolute atomic E-state index is 12.5. The first-order valence-corrected chi connectivity index (χ1v) is 4.78. The van der Waals surface area contributed by atoms with Crippen LogP contribution in [0.3, 0.4) is 0 Å².